The summed E-state index contributed by atoms with van der Waals surface area (Å²) in [5.74, 6) is -0.285. The van der Waals surface area contributed by atoms with Crippen LogP contribution in [0.15, 0.2) is 60.8 Å². The van der Waals surface area contributed by atoms with E-state index in [-0.39, 0.29) is 18.9 Å². The molecule has 3 rings (SSSR count). The molecule has 17 atom stereocenters. The van der Waals surface area contributed by atoms with Crippen molar-refractivity contribution in [2.45, 2.75) is 433 Å². The van der Waals surface area contributed by atoms with E-state index in [1.54, 1.807) is 6.08 Å². The molecule has 3 aliphatic heterocycles. The van der Waals surface area contributed by atoms with Gasteiger partial charge in [0.15, 0.2) is 18.9 Å². The molecule has 0 bridgehead atoms. The predicted octanol–water partition coefficient (Wildman–Crippen LogP) is 14.2. The lowest BCUT2D eigenvalue weighted by molar-refractivity contribution is -0.379. The molecule has 3 heterocycles. The van der Waals surface area contributed by atoms with Gasteiger partial charge in [0.05, 0.1) is 38.6 Å². The zero-order valence-electron chi connectivity index (χ0n) is 63.8. The summed E-state index contributed by atoms with van der Waals surface area (Å²) in [7, 11) is 0. The molecule has 0 spiro atoms. The first kappa shape index (κ1) is 93.7. The fourth-order valence-electron chi connectivity index (χ4n) is 13.9. The lowest BCUT2D eigenvalue weighted by atomic mass is 9.96. The minimum atomic E-state index is -1.98. The maximum atomic E-state index is 13.5. The van der Waals surface area contributed by atoms with Crippen molar-refractivity contribution in [2.24, 2.45) is 0 Å². The van der Waals surface area contributed by atoms with Crippen LogP contribution in [0.4, 0.5) is 0 Å². The molecular formula is C83H151NO18. The van der Waals surface area contributed by atoms with E-state index in [1.807, 2.05) is 6.08 Å². The number of carbonyl (C=O) groups is 1. The third-order valence-corrected chi connectivity index (χ3v) is 20.5. The van der Waals surface area contributed by atoms with Gasteiger partial charge in [-0.05, 0) is 70.6 Å². The standard InChI is InChI=1S/C83H151NO18/c1-3-5-7-9-11-13-15-17-19-21-23-25-27-29-31-32-33-35-36-38-40-42-44-46-48-50-52-54-56-58-60-67(88)66(84-71(89)61-59-57-55-53-51-49-47-45-43-41-39-37-34-30-28-26-24-22-20-18-16-14-12-10-8-6-4-2)65-97-81-77(95)74(92)79(69(63-86)99-81)102-83-78(96)75(93)80(70(64-87)100-83)101-82-76(94)73(91)72(90)68(62-85)98-82/h16,18,22,24,28,30,50,52,58,60,66-70,72-83,85-88,90-96H,3-15,17,19-21,23,25-27,29,31-49,51,53-57,59,61-65H2,1-2H3,(H,84,89)/b18-16-,24-22-,30-28-,52-50+,60-58+. The third kappa shape index (κ3) is 42.9. The van der Waals surface area contributed by atoms with Gasteiger partial charge >= 0.3 is 0 Å². The van der Waals surface area contributed by atoms with E-state index in [1.165, 1.54) is 238 Å². The Morgan fingerprint density at radius 1 is 0.353 bits per heavy atom. The zero-order valence-corrected chi connectivity index (χ0v) is 63.8. The second kappa shape index (κ2) is 63.4. The number of carbonyl (C=O) groups excluding carboxylic acids is 1. The highest BCUT2D eigenvalue weighted by molar-refractivity contribution is 5.76. The molecule has 0 saturated carbocycles. The van der Waals surface area contributed by atoms with Crippen LogP contribution in [0.3, 0.4) is 0 Å². The van der Waals surface area contributed by atoms with E-state index in [0.717, 1.165) is 57.8 Å². The van der Waals surface area contributed by atoms with Crippen LogP contribution in [0.2, 0.25) is 0 Å². The molecule has 3 aliphatic rings. The Morgan fingerprint density at radius 3 is 1.05 bits per heavy atom. The van der Waals surface area contributed by atoms with Gasteiger partial charge in [-0.25, -0.2) is 0 Å². The van der Waals surface area contributed by atoms with E-state index in [2.05, 4.69) is 67.8 Å². The lowest BCUT2D eigenvalue weighted by Gasteiger charge is -2.48. The number of hydrogen-bond donors (Lipinski definition) is 12. The molecular weight excluding hydrogens is 1300 g/mol. The van der Waals surface area contributed by atoms with E-state index in [4.69, 9.17) is 28.4 Å². The van der Waals surface area contributed by atoms with Crippen molar-refractivity contribution in [3.05, 3.63) is 60.8 Å². The monoisotopic (exact) mass is 1450 g/mol. The van der Waals surface area contributed by atoms with Crippen molar-refractivity contribution < 1.29 is 89.4 Å². The van der Waals surface area contributed by atoms with Crippen LogP contribution in [0.25, 0.3) is 0 Å². The Balaban J connectivity index is 1.38. The molecule has 1 amide bonds. The third-order valence-electron chi connectivity index (χ3n) is 20.5. The first-order valence-corrected chi connectivity index (χ1v) is 41.5. The number of amides is 1. The number of allylic oxidation sites excluding steroid dienone is 9. The quantitative estimate of drug-likeness (QED) is 0.0199. The number of unbranched alkanes of at least 4 members (excludes halogenated alkanes) is 42. The molecule has 0 aromatic rings. The van der Waals surface area contributed by atoms with Gasteiger partial charge in [-0.15, -0.1) is 0 Å². The van der Waals surface area contributed by atoms with Gasteiger partial charge in [0.2, 0.25) is 5.91 Å². The highest BCUT2D eigenvalue weighted by atomic mass is 16.8. The minimum absolute atomic E-state index is 0.232. The number of rotatable bonds is 66. The van der Waals surface area contributed by atoms with Gasteiger partial charge in [0.25, 0.3) is 0 Å². The summed E-state index contributed by atoms with van der Waals surface area (Å²) in [6.45, 7) is 1.75. The van der Waals surface area contributed by atoms with Crippen molar-refractivity contribution in [1.82, 2.24) is 5.32 Å². The Labute approximate surface area is 617 Å². The van der Waals surface area contributed by atoms with Gasteiger partial charge in [-0.1, -0.05) is 312 Å². The fourth-order valence-corrected chi connectivity index (χ4v) is 13.9. The molecule has 0 aromatic heterocycles. The summed E-state index contributed by atoms with van der Waals surface area (Å²) < 4.78 is 34.5. The highest BCUT2D eigenvalue weighted by Crippen LogP contribution is 2.33. The maximum Gasteiger partial charge on any atom is 0.220 e. The molecule has 19 nitrogen and oxygen atoms in total. The van der Waals surface area contributed by atoms with Crippen LogP contribution < -0.4 is 5.32 Å². The molecule has 0 radical (unpaired) electrons. The fraction of sp³-hybridized carbons (Fsp3) is 0.867. The van der Waals surface area contributed by atoms with Crippen molar-refractivity contribution >= 4 is 5.91 Å². The van der Waals surface area contributed by atoms with E-state index < -0.39 is 124 Å². The maximum absolute atomic E-state index is 13.5. The van der Waals surface area contributed by atoms with E-state index in [9.17, 15) is 61.0 Å². The minimum Gasteiger partial charge on any atom is -0.394 e. The van der Waals surface area contributed by atoms with Crippen molar-refractivity contribution in [1.29, 1.82) is 0 Å². The number of aliphatic hydroxyl groups excluding tert-OH is 11. The molecule has 19 heteroatoms. The largest absolute Gasteiger partial charge is 0.394 e. The summed E-state index contributed by atoms with van der Waals surface area (Å²) >= 11 is 0. The van der Waals surface area contributed by atoms with E-state index in [0.29, 0.717) is 12.8 Å². The molecule has 3 saturated heterocycles. The Morgan fingerprint density at radius 2 is 0.657 bits per heavy atom. The number of aliphatic hydroxyl groups is 11. The van der Waals surface area contributed by atoms with E-state index >= 15 is 0 Å². The van der Waals surface area contributed by atoms with Crippen LogP contribution in [0.5, 0.6) is 0 Å². The highest BCUT2D eigenvalue weighted by Gasteiger charge is 2.54. The Hall–Kier alpha value is -2.51. The van der Waals surface area contributed by atoms with Gasteiger partial charge in [0.1, 0.15) is 73.2 Å². The second-order valence-electron chi connectivity index (χ2n) is 29.6. The molecule has 102 heavy (non-hydrogen) atoms. The Bertz CT molecular complexity index is 2080. The average Bonchev–Trinajstić information content (AvgIpc) is 0.782. The summed E-state index contributed by atoms with van der Waals surface area (Å²) in [6, 6.07) is -0.995. The zero-order chi connectivity index (χ0) is 73.9. The van der Waals surface area contributed by atoms with Gasteiger partial charge < -0.3 is 89.9 Å². The van der Waals surface area contributed by atoms with Gasteiger partial charge in [-0.3, -0.25) is 4.79 Å². The first-order valence-electron chi connectivity index (χ1n) is 41.5. The topological polar surface area (TPSA) is 307 Å². The molecule has 12 N–H and O–H groups in total. The van der Waals surface area contributed by atoms with Crippen LogP contribution >= 0.6 is 0 Å². The molecule has 596 valence electrons. The Kier molecular flexibility index (Phi) is 58.3. The summed E-state index contributed by atoms with van der Waals surface area (Å²) in [4.78, 5) is 13.5. The molecule has 0 aliphatic carbocycles. The van der Waals surface area contributed by atoms with Crippen molar-refractivity contribution in [3.8, 4) is 0 Å². The van der Waals surface area contributed by atoms with Gasteiger partial charge in [0, 0.05) is 6.42 Å². The summed E-state index contributed by atoms with van der Waals surface area (Å²) in [5.41, 5.74) is 0. The predicted molar refractivity (Wildman–Crippen MR) is 406 cm³/mol. The number of hydrogen-bond acceptors (Lipinski definition) is 18. The van der Waals surface area contributed by atoms with Crippen LogP contribution in [0.1, 0.15) is 328 Å². The van der Waals surface area contributed by atoms with Crippen LogP contribution in [-0.2, 0) is 33.2 Å². The normalized spacial score (nSPS) is 26.5. The SMILES string of the molecule is CCCCCCC/C=C\C/C=C\C/C=C\CCCCCCCCCCCCCCC(=O)NC(COC1OC(CO)C(OC2OC(CO)C(OC3OC(CO)C(O)C(O)C3O)C(O)C2O)C(O)C1O)C(O)/C=C/CC/C=C/CCCCCCCCCCCCCCCCCCCCCCCCCC. The first-order chi connectivity index (χ1) is 49.8. The molecule has 17 unspecified atom stereocenters. The lowest BCUT2D eigenvalue weighted by Crippen LogP contribution is -2.66. The van der Waals surface area contributed by atoms with Crippen LogP contribution in [-0.4, -0.2) is 193 Å². The smallest absolute Gasteiger partial charge is 0.220 e. The molecule has 3 fully saturated rings. The van der Waals surface area contributed by atoms with Gasteiger partial charge in [-0.2, -0.15) is 0 Å². The summed E-state index contributed by atoms with van der Waals surface area (Å²) in [6.07, 6.45) is 55.0. The average molecular weight is 1450 g/mol. The molecule has 0 aromatic carbocycles. The van der Waals surface area contributed by atoms with Crippen LogP contribution in [0, 0.1) is 0 Å². The number of ether oxygens (including phenoxy) is 6. The second-order valence-corrected chi connectivity index (χ2v) is 29.6. The summed E-state index contributed by atoms with van der Waals surface area (Å²) in [5, 5.41) is 121. The van der Waals surface area contributed by atoms with Crippen molar-refractivity contribution in [3.63, 3.8) is 0 Å². The van der Waals surface area contributed by atoms with Crippen molar-refractivity contribution in [2.75, 3.05) is 26.4 Å². The number of nitrogens with one attached hydrogen (secondary N) is 1.